The Morgan fingerprint density at radius 3 is 2.42 bits per heavy atom. The molecule has 3 aromatic rings. The molecule has 1 saturated carbocycles. The van der Waals surface area contributed by atoms with E-state index in [9.17, 15) is 18.0 Å². The van der Waals surface area contributed by atoms with Crippen molar-refractivity contribution in [2.24, 2.45) is 5.92 Å². The SMILES string of the molecule is Cc1nc(N[C@@H](C)c2cc(N)cc(C(F)(F)F)c2)c2cc(C3CCC(C(=O)N(C)C)CC3)ccc2n1. The molecule has 1 aliphatic rings. The number of amides is 1. The van der Waals surface area contributed by atoms with Crippen molar-refractivity contribution in [1.82, 2.24) is 14.9 Å². The monoisotopic (exact) mass is 499 g/mol. The molecule has 1 heterocycles. The molecule has 1 aliphatic carbocycles. The maximum Gasteiger partial charge on any atom is 0.416 e. The van der Waals surface area contributed by atoms with Gasteiger partial charge in [0.15, 0.2) is 0 Å². The molecular weight excluding hydrogens is 467 g/mol. The van der Waals surface area contributed by atoms with E-state index in [0.29, 0.717) is 23.1 Å². The Hall–Kier alpha value is -3.36. The molecule has 6 nitrogen and oxygen atoms in total. The molecule has 3 N–H and O–H groups in total. The lowest BCUT2D eigenvalue weighted by molar-refractivity contribution is -0.137. The lowest BCUT2D eigenvalue weighted by Gasteiger charge is -2.29. The standard InChI is InChI=1S/C27H32F3N5O/c1-15(20-11-21(27(28,29)30)14-22(31)12-20)32-25-23-13-19(9-10-24(23)33-16(2)34-25)17-5-7-18(8-6-17)26(36)35(3)4/h9-15,17-18H,5-8,31H2,1-4H3,(H,32,33,34)/t15-,17?,18?/m0/s1. The molecular formula is C27H32F3N5O. The van der Waals surface area contributed by atoms with E-state index in [4.69, 9.17) is 5.73 Å². The minimum atomic E-state index is -4.48. The Balaban J connectivity index is 1.60. The number of benzene rings is 2. The molecule has 1 atom stereocenters. The summed E-state index contributed by atoms with van der Waals surface area (Å²) in [6.45, 7) is 3.57. The van der Waals surface area contributed by atoms with Crippen molar-refractivity contribution in [3.05, 3.63) is 58.9 Å². The first-order chi connectivity index (χ1) is 16.9. The molecule has 0 aliphatic heterocycles. The van der Waals surface area contributed by atoms with Crippen LogP contribution >= 0.6 is 0 Å². The second kappa shape index (κ2) is 9.95. The van der Waals surface area contributed by atoms with Crippen LogP contribution in [0.15, 0.2) is 36.4 Å². The molecule has 1 fully saturated rings. The summed E-state index contributed by atoms with van der Waals surface area (Å²) in [7, 11) is 3.59. The molecule has 9 heteroatoms. The number of fused-ring (bicyclic) bond motifs is 1. The summed E-state index contributed by atoms with van der Waals surface area (Å²) >= 11 is 0. The van der Waals surface area contributed by atoms with Crippen LogP contribution in [-0.2, 0) is 11.0 Å². The number of aryl methyl sites for hydroxylation is 1. The molecule has 2 aromatic carbocycles. The van der Waals surface area contributed by atoms with Crippen LogP contribution in [-0.4, -0.2) is 34.9 Å². The number of hydrogen-bond donors (Lipinski definition) is 2. The van der Waals surface area contributed by atoms with Gasteiger partial charge < -0.3 is 16.0 Å². The highest BCUT2D eigenvalue weighted by molar-refractivity contribution is 5.90. The molecule has 4 rings (SSSR count). The number of carbonyl (C=O) groups is 1. The largest absolute Gasteiger partial charge is 0.416 e. The predicted octanol–water partition coefficient (Wildman–Crippen LogP) is 6.07. The normalized spacial score (nSPS) is 19.2. The molecule has 0 saturated heterocycles. The lowest BCUT2D eigenvalue weighted by atomic mass is 9.78. The molecule has 36 heavy (non-hydrogen) atoms. The summed E-state index contributed by atoms with van der Waals surface area (Å²) in [6.07, 6.45) is -0.935. The summed E-state index contributed by atoms with van der Waals surface area (Å²) in [4.78, 5) is 23.1. The van der Waals surface area contributed by atoms with E-state index < -0.39 is 17.8 Å². The number of nitrogens with two attached hydrogens (primary N) is 1. The lowest BCUT2D eigenvalue weighted by Crippen LogP contribution is -2.31. The zero-order chi connectivity index (χ0) is 26.2. The number of alkyl halides is 3. The minimum absolute atomic E-state index is 0.0582. The number of nitrogen functional groups attached to an aromatic ring is 1. The quantitative estimate of drug-likeness (QED) is 0.416. The van der Waals surface area contributed by atoms with Crippen LogP contribution in [0.3, 0.4) is 0 Å². The van der Waals surface area contributed by atoms with Gasteiger partial charge in [-0.05, 0) is 86.9 Å². The highest BCUT2D eigenvalue weighted by atomic mass is 19.4. The number of nitrogens with zero attached hydrogens (tertiary/aromatic N) is 3. The van der Waals surface area contributed by atoms with E-state index in [1.807, 2.05) is 6.07 Å². The third kappa shape index (κ3) is 5.55. The highest BCUT2D eigenvalue weighted by Gasteiger charge is 2.32. The summed E-state index contributed by atoms with van der Waals surface area (Å²) < 4.78 is 39.9. The topological polar surface area (TPSA) is 84.1 Å². The fraction of sp³-hybridized carbons (Fsp3) is 0.444. The smallest absolute Gasteiger partial charge is 0.399 e. The summed E-state index contributed by atoms with van der Waals surface area (Å²) in [5.41, 5.74) is 7.40. The van der Waals surface area contributed by atoms with Crippen LogP contribution in [0.2, 0.25) is 0 Å². The average Bonchev–Trinajstić information content (AvgIpc) is 2.82. The van der Waals surface area contributed by atoms with Gasteiger partial charge in [-0.1, -0.05) is 6.07 Å². The molecule has 0 unspecified atom stereocenters. The average molecular weight is 500 g/mol. The van der Waals surface area contributed by atoms with Gasteiger partial charge in [0.25, 0.3) is 0 Å². The molecule has 1 amide bonds. The Morgan fingerprint density at radius 2 is 1.78 bits per heavy atom. The first-order valence-electron chi connectivity index (χ1n) is 12.2. The Kier molecular flexibility index (Phi) is 7.11. The molecule has 0 radical (unpaired) electrons. The van der Waals surface area contributed by atoms with E-state index in [1.165, 1.54) is 0 Å². The van der Waals surface area contributed by atoms with Crippen molar-refractivity contribution in [2.75, 3.05) is 25.1 Å². The second-order valence-electron chi connectivity index (χ2n) is 9.93. The molecule has 1 aromatic heterocycles. The maximum absolute atomic E-state index is 13.3. The van der Waals surface area contributed by atoms with Crippen LogP contribution in [0.1, 0.15) is 67.1 Å². The zero-order valence-electron chi connectivity index (χ0n) is 21.0. The van der Waals surface area contributed by atoms with Gasteiger partial charge in [-0.25, -0.2) is 9.97 Å². The van der Waals surface area contributed by atoms with Gasteiger partial charge in [0.2, 0.25) is 5.91 Å². The van der Waals surface area contributed by atoms with Crippen LogP contribution in [0, 0.1) is 12.8 Å². The predicted molar refractivity (Wildman–Crippen MR) is 136 cm³/mol. The van der Waals surface area contributed by atoms with Crippen LogP contribution in [0.5, 0.6) is 0 Å². The summed E-state index contributed by atoms with van der Waals surface area (Å²) in [6, 6.07) is 9.24. The van der Waals surface area contributed by atoms with Crippen LogP contribution in [0.25, 0.3) is 10.9 Å². The van der Waals surface area contributed by atoms with Crippen LogP contribution < -0.4 is 11.1 Å². The van der Waals surface area contributed by atoms with Gasteiger partial charge >= 0.3 is 6.18 Å². The number of rotatable bonds is 5. The van der Waals surface area contributed by atoms with Gasteiger partial charge in [0.1, 0.15) is 11.6 Å². The first kappa shape index (κ1) is 25.7. The highest BCUT2D eigenvalue weighted by Crippen LogP contribution is 2.38. The van der Waals surface area contributed by atoms with Gasteiger partial charge in [-0.15, -0.1) is 0 Å². The molecule has 0 bridgehead atoms. The van der Waals surface area contributed by atoms with Gasteiger partial charge in [-0.3, -0.25) is 4.79 Å². The Morgan fingerprint density at radius 1 is 1.08 bits per heavy atom. The fourth-order valence-electron chi connectivity index (χ4n) is 5.04. The number of halogens is 3. The second-order valence-corrected chi connectivity index (χ2v) is 9.93. The third-order valence-electron chi connectivity index (χ3n) is 6.98. The number of carbonyl (C=O) groups excluding carboxylic acids is 1. The Bertz CT molecular complexity index is 1270. The Labute approximate surface area is 209 Å². The number of anilines is 2. The van der Waals surface area contributed by atoms with E-state index >= 15 is 0 Å². The van der Waals surface area contributed by atoms with Crippen molar-refractivity contribution >= 4 is 28.3 Å². The third-order valence-corrected chi connectivity index (χ3v) is 6.98. The van der Waals surface area contributed by atoms with E-state index in [2.05, 4.69) is 27.4 Å². The van der Waals surface area contributed by atoms with E-state index in [1.54, 1.807) is 38.9 Å². The van der Waals surface area contributed by atoms with Crippen molar-refractivity contribution in [2.45, 2.75) is 57.7 Å². The van der Waals surface area contributed by atoms with Crippen molar-refractivity contribution in [3.8, 4) is 0 Å². The summed E-state index contributed by atoms with van der Waals surface area (Å²) in [5, 5.41) is 4.10. The van der Waals surface area contributed by atoms with Crippen molar-refractivity contribution < 1.29 is 18.0 Å². The van der Waals surface area contributed by atoms with E-state index in [-0.39, 0.29) is 17.5 Å². The van der Waals surface area contributed by atoms with Crippen molar-refractivity contribution in [1.29, 1.82) is 0 Å². The summed E-state index contributed by atoms with van der Waals surface area (Å²) in [5.74, 6) is 1.72. The van der Waals surface area contributed by atoms with Gasteiger partial charge in [0, 0.05) is 31.1 Å². The number of hydrogen-bond acceptors (Lipinski definition) is 5. The molecule has 0 spiro atoms. The minimum Gasteiger partial charge on any atom is -0.399 e. The van der Waals surface area contributed by atoms with Gasteiger partial charge in [-0.2, -0.15) is 13.2 Å². The fourth-order valence-corrected chi connectivity index (χ4v) is 5.04. The number of nitrogens with one attached hydrogen (secondary N) is 1. The maximum atomic E-state index is 13.3. The zero-order valence-corrected chi connectivity index (χ0v) is 21.0. The van der Waals surface area contributed by atoms with Crippen LogP contribution in [0.4, 0.5) is 24.7 Å². The van der Waals surface area contributed by atoms with Gasteiger partial charge in [0.05, 0.1) is 17.1 Å². The first-order valence-corrected chi connectivity index (χ1v) is 12.2. The van der Waals surface area contributed by atoms with Crippen molar-refractivity contribution in [3.63, 3.8) is 0 Å². The molecule has 192 valence electrons. The number of aromatic nitrogens is 2. The van der Waals surface area contributed by atoms with E-state index in [0.717, 1.165) is 54.3 Å².